The van der Waals surface area contributed by atoms with Gasteiger partial charge >= 0.3 is 0 Å². The van der Waals surface area contributed by atoms with E-state index in [4.69, 9.17) is 11.1 Å². The standard InChI is InChI=1S/C7H16N2O/c1-3-4-6(9)7(10)5(2)8/h6-8,10H,3-4,9H2,1-2H3/t6?,7-/m1/s1. The van der Waals surface area contributed by atoms with Crippen LogP contribution in [0.5, 0.6) is 0 Å². The molecule has 0 aromatic rings. The van der Waals surface area contributed by atoms with Crippen LogP contribution < -0.4 is 5.73 Å². The van der Waals surface area contributed by atoms with E-state index in [2.05, 4.69) is 0 Å². The molecule has 3 nitrogen and oxygen atoms in total. The van der Waals surface area contributed by atoms with Crippen LogP contribution in [0.25, 0.3) is 0 Å². The van der Waals surface area contributed by atoms with Crippen molar-refractivity contribution in [2.75, 3.05) is 0 Å². The van der Waals surface area contributed by atoms with Crippen molar-refractivity contribution in [3.05, 3.63) is 0 Å². The Morgan fingerprint density at radius 1 is 1.70 bits per heavy atom. The Hall–Kier alpha value is -0.410. The zero-order valence-corrected chi connectivity index (χ0v) is 6.59. The first-order valence-electron chi connectivity index (χ1n) is 3.58. The van der Waals surface area contributed by atoms with E-state index >= 15 is 0 Å². The summed E-state index contributed by atoms with van der Waals surface area (Å²) in [6.07, 6.45) is 0.975. The molecule has 0 fully saturated rings. The minimum Gasteiger partial charge on any atom is -0.386 e. The number of hydrogen-bond acceptors (Lipinski definition) is 3. The molecule has 3 heteroatoms. The summed E-state index contributed by atoms with van der Waals surface area (Å²) in [4.78, 5) is 0. The molecule has 0 saturated carbocycles. The van der Waals surface area contributed by atoms with Gasteiger partial charge in [-0.25, -0.2) is 0 Å². The normalized spacial score (nSPS) is 16.4. The fourth-order valence-electron chi connectivity index (χ4n) is 0.812. The van der Waals surface area contributed by atoms with Crippen molar-refractivity contribution >= 4 is 5.71 Å². The highest BCUT2D eigenvalue weighted by molar-refractivity contribution is 5.83. The van der Waals surface area contributed by atoms with Crippen LogP contribution in [-0.4, -0.2) is 23.0 Å². The maximum absolute atomic E-state index is 9.18. The lowest BCUT2D eigenvalue weighted by Crippen LogP contribution is -2.38. The zero-order chi connectivity index (χ0) is 8.15. The number of aliphatic hydroxyl groups excluding tert-OH is 1. The van der Waals surface area contributed by atoms with E-state index in [-0.39, 0.29) is 11.8 Å². The molecular formula is C7H16N2O. The maximum atomic E-state index is 9.18. The van der Waals surface area contributed by atoms with Crippen molar-refractivity contribution in [2.45, 2.75) is 38.8 Å². The number of nitrogens with one attached hydrogen (secondary N) is 1. The highest BCUT2D eigenvalue weighted by Gasteiger charge is 2.14. The monoisotopic (exact) mass is 144 g/mol. The molecule has 0 aliphatic heterocycles. The lowest BCUT2D eigenvalue weighted by Gasteiger charge is -2.16. The topological polar surface area (TPSA) is 70.1 Å². The zero-order valence-electron chi connectivity index (χ0n) is 6.59. The second-order valence-corrected chi connectivity index (χ2v) is 2.58. The van der Waals surface area contributed by atoms with Crippen molar-refractivity contribution in [1.29, 1.82) is 5.41 Å². The number of nitrogens with two attached hydrogens (primary N) is 1. The molecule has 0 amide bonds. The third-order valence-corrected chi connectivity index (χ3v) is 1.47. The fraction of sp³-hybridized carbons (Fsp3) is 0.857. The summed E-state index contributed by atoms with van der Waals surface area (Å²) in [6.45, 7) is 3.58. The Kier molecular flexibility index (Phi) is 4.23. The van der Waals surface area contributed by atoms with Gasteiger partial charge in [-0.05, 0) is 13.3 Å². The summed E-state index contributed by atoms with van der Waals surface area (Å²) in [6, 6.07) is -0.262. The van der Waals surface area contributed by atoms with Crippen LogP contribution in [0.15, 0.2) is 0 Å². The van der Waals surface area contributed by atoms with Gasteiger partial charge in [-0.1, -0.05) is 13.3 Å². The first kappa shape index (κ1) is 9.59. The van der Waals surface area contributed by atoms with Crippen molar-refractivity contribution < 1.29 is 5.11 Å². The summed E-state index contributed by atoms with van der Waals surface area (Å²) in [5, 5.41) is 16.3. The van der Waals surface area contributed by atoms with Gasteiger partial charge in [0, 0.05) is 11.8 Å². The predicted molar refractivity (Wildman–Crippen MR) is 42.3 cm³/mol. The molecule has 0 spiro atoms. The molecule has 2 atom stereocenters. The summed E-state index contributed by atoms with van der Waals surface area (Å²) < 4.78 is 0. The van der Waals surface area contributed by atoms with Crippen LogP contribution in [0, 0.1) is 5.41 Å². The molecule has 60 valence electrons. The minimum absolute atomic E-state index is 0.251. The Labute approximate surface area is 61.7 Å². The molecule has 4 N–H and O–H groups in total. The largest absolute Gasteiger partial charge is 0.386 e. The number of rotatable bonds is 4. The molecule has 0 aromatic carbocycles. The third-order valence-electron chi connectivity index (χ3n) is 1.47. The van der Waals surface area contributed by atoms with E-state index in [1.807, 2.05) is 6.92 Å². The van der Waals surface area contributed by atoms with Gasteiger partial charge in [-0.2, -0.15) is 0 Å². The average Bonchev–Trinajstić information content (AvgIpc) is 1.87. The Bertz CT molecular complexity index is 114. The van der Waals surface area contributed by atoms with Gasteiger partial charge in [0.1, 0.15) is 6.10 Å². The molecule has 0 heterocycles. The quantitative estimate of drug-likeness (QED) is 0.503. The number of aliphatic hydroxyl groups is 1. The van der Waals surface area contributed by atoms with Gasteiger partial charge in [0.15, 0.2) is 0 Å². The highest BCUT2D eigenvalue weighted by Crippen LogP contribution is 1.99. The average molecular weight is 144 g/mol. The fourth-order valence-corrected chi connectivity index (χ4v) is 0.812. The molecule has 0 rings (SSSR count). The predicted octanol–water partition coefficient (Wildman–Crippen LogP) is 0.514. The van der Waals surface area contributed by atoms with Crippen LogP contribution in [0.3, 0.4) is 0 Å². The molecule has 1 unspecified atom stereocenters. The summed E-state index contributed by atoms with van der Waals surface area (Å²) in [5.74, 6) is 0. The summed E-state index contributed by atoms with van der Waals surface area (Å²) in [5.41, 5.74) is 5.79. The molecule has 0 aliphatic rings. The Balaban J connectivity index is 3.69. The van der Waals surface area contributed by atoms with Crippen LogP contribution in [0.4, 0.5) is 0 Å². The molecule has 10 heavy (non-hydrogen) atoms. The lowest BCUT2D eigenvalue weighted by atomic mass is 10.0. The first-order valence-corrected chi connectivity index (χ1v) is 3.58. The Morgan fingerprint density at radius 3 is 2.50 bits per heavy atom. The Morgan fingerprint density at radius 2 is 2.20 bits per heavy atom. The van der Waals surface area contributed by atoms with E-state index < -0.39 is 6.10 Å². The van der Waals surface area contributed by atoms with E-state index in [0.717, 1.165) is 12.8 Å². The number of hydrogen-bond donors (Lipinski definition) is 3. The van der Waals surface area contributed by atoms with Crippen LogP contribution >= 0.6 is 0 Å². The van der Waals surface area contributed by atoms with E-state index in [1.165, 1.54) is 0 Å². The molecule has 0 aliphatic carbocycles. The van der Waals surface area contributed by atoms with Gasteiger partial charge < -0.3 is 16.2 Å². The molecule has 0 saturated heterocycles. The summed E-state index contributed by atoms with van der Waals surface area (Å²) >= 11 is 0. The van der Waals surface area contributed by atoms with Gasteiger partial charge in [-0.3, -0.25) is 0 Å². The van der Waals surface area contributed by atoms with Crippen molar-refractivity contribution in [3.63, 3.8) is 0 Å². The van der Waals surface area contributed by atoms with Gasteiger partial charge in [0.2, 0.25) is 0 Å². The minimum atomic E-state index is -0.750. The molecule has 0 bridgehead atoms. The van der Waals surface area contributed by atoms with E-state index in [0.29, 0.717) is 0 Å². The smallest absolute Gasteiger partial charge is 0.106 e. The lowest BCUT2D eigenvalue weighted by molar-refractivity contribution is 0.202. The second-order valence-electron chi connectivity index (χ2n) is 2.58. The van der Waals surface area contributed by atoms with Gasteiger partial charge in [0.05, 0.1) is 0 Å². The van der Waals surface area contributed by atoms with Crippen LogP contribution in [-0.2, 0) is 0 Å². The van der Waals surface area contributed by atoms with E-state index in [1.54, 1.807) is 6.92 Å². The highest BCUT2D eigenvalue weighted by atomic mass is 16.3. The van der Waals surface area contributed by atoms with Crippen molar-refractivity contribution in [1.82, 2.24) is 0 Å². The molecule has 0 radical (unpaired) electrons. The SMILES string of the molecule is CCCC(N)[C@H](O)C(C)=N. The molecule has 0 aromatic heterocycles. The maximum Gasteiger partial charge on any atom is 0.106 e. The van der Waals surface area contributed by atoms with Crippen LogP contribution in [0.1, 0.15) is 26.7 Å². The third kappa shape index (κ3) is 2.94. The van der Waals surface area contributed by atoms with Crippen LogP contribution in [0.2, 0.25) is 0 Å². The van der Waals surface area contributed by atoms with Crippen molar-refractivity contribution in [3.8, 4) is 0 Å². The van der Waals surface area contributed by atoms with Gasteiger partial charge in [0.25, 0.3) is 0 Å². The summed E-state index contributed by atoms with van der Waals surface area (Å²) in [7, 11) is 0. The van der Waals surface area contributed by atoms with Crippen molar-refractivity contribution in [2.24, 2.45) is 5.73 Å². The van der Waals surface area contributed by atoms with E-state index in [9.17, 15) is 5.11 Å². The second kappa shape index (κ2) is 4.41. The first-order chi connectivity index (χ1) is 4.59. The molecular weight excluding hydrogens is 128 g/mol. The van der Waals surface area contributed by atoms with Gasteiger partial charge in [-0.15, -0.1) is 0 Å².